The van der Waals surface area contributed by atoms with Crippen molar-refractivity contribution < 1.29 is 14.0 Å². The van der Waals surface area contributed by atoms with Crippen molar-refractivity contribution in [1.29, 1.82) is 0 Å². The number of halogens is 1. The van der Waals surface area contributed by atoms with Gasteiger partial charge in [-0.1, -0.05) is 12.1 Å². The lowest BCUT2D eigenvalue weighted by Gasteiger charge is -2.32. The van der Waals surface area contributed by atoms with Crippen molar-refractivity contribution in [2.24, 2.45) is 11.7 Å². The van der Waals surface area contributed by atoms with E-state index in [1.165, 1.54) is 12.1 Å². The van der Waals surface area contributed by atoms with Gasteiger partial charge >= 0.3 is 0 Å². The SMILES string of the molecule is NC(=O)C1CCCN(c2ccc(NC(=O)CCc3ccc(F)cc3)cn2)C1. The molecule has 1 saturated heterocycles. The van der Waals surface area contributed by atoms with Gasteiger partial charge in [0.2, 0.25) is 11.8 Å². The van der Waals surface area contributed by atoms with E-state index in [2.05, 4.69) is 10.3 Å². The molecule has 0 radical (unpaired) electrons. The zero-order valence-corrected chi connectivity index (χ0v) is 15.0. The number of nitrogens with two attached hydrogens (primary N) is 1. The fourth-order valence-corrected chi connectivity index (χ4v) is 3.20. The number of hydrogen-bond donors (Lipinski definition) is 2. The summed E-state index contributed by atoms with van der Waals surface area (Å²) in [4.78, 5) is 29.9. The summed E-state index contributed by atoms with van der Waals surface area (Å²) < 4.78 is 12.9. The van der Waals surface area contributed by atoms with Gasteiger partial charge in [-0.05, 0) is 49.1 Å². The molecule has 1 unspecified atom stereocenters. The van der Waals surface area contributed by atoms with Gasteiger partial charge in [-0.15, -0.1) is 0 Å². The van der Waals surface area contributed by atoms with Gasteiger partial charge in [-0.25, -0.2) is 9.37 Å². The summed E-state index contributed by atoms with van der Waals surface area (Å²) in [6.07, 6.45) is 4.17. The second-order valence-corrected chi connectivity index (χ2v) is 6.77. The van der Waals surface area contributed by atoms with Crippen LogP contribution in [-0.4, -0.2) is 29.9 Å². The molecule has 1 atom stereocenters. The molecule has 1 aromatic heterocycles. The third kappa shape index (κ3) is 5.26. The number of pyridine rings is 1. The number of aromatic nitrogens is 1. The Hall–Kier alpha value is -2.96. The predicted molar refractivity (Wildman–Crippen MR) is 102 cm³/mol. The normalized spacial score (nSPS) is 16.8. The summed E-state index contributed by atoms with van der Waals surface area (Å²) in [5, 5.41) is 2.81. The average molecular weight is 370 g/mol. The first-order chi connectivity index (χ1) is 13.0. The number of hydrogen-bond acceptors (Lipinski definition) is 4. The minimum absolute atomic E-state index is 0.124. The third-order valence-corrected chi connectivity index (χ3v) is 4.73. The zero-order valence-electron chi connectivity index (χ0n) is 15.0. The highest BCUT2D eigenvalue weighted by Gasteiger charge is 2.24. The van der Waals surface area contributed by atoms with Crippen LogP contribution in [0.15, 0.2) is 42.6 Å². The molecule has 0 saturated carbocycles. The van der Waals surface area contributed by atoms with E-state index in [1.807, 2.05) is 11.0 Å². The second kappa shape index (κ2) is 8.62. The molecule has 1 aliphatic heterocycles. The van der Waals surface area contributed by atoms with Crippen molar-refractivity contribution in [2.45, 2.75) is 25.7 Å². The van der Waals surface area contributed by atoms with Crippen LogP contribution in [0.2, 0.25) is 0 Å². The molecule has 1 aromatic carbocycles. The van der Waals surface area contributed by atoms with Crippen LogP contribution in [0.4, 0.5) is 15.9 Å². The highest BCUT2D eigenvalue weighted by Crippen LogP contribution is 2.22. The van der Waals surface area contributed by atoms with E-state index in [0.717, 1.165) is 30.8 Å². The first-order valence-electron chi connectivity index (χ1n) is 9.06. The van der Waals surface area contributed by atoms with Crippen molar-refractivity contribution in [2.75, 3.05) is 23.3 Å². The summed E-state index contributed by atoms with van der Waals surface area (Å²) in [6.45, 7) is 1.41. The number of primary amides is 1. The molecule has 2 amide bonds. The Kier molecular flexibility index (Phi) is 6.01. The van der Waals surface area contributed by atoms with Crippen LogP contribution in [0.25, 0.3) is 0 Å². The number of nitrogens with one attached hydrogen (secondary N) is 1. The van der Waals surface area contributed by atoms with Crippen molar-refractivity contribution in [1.82, 2.24) is 4.98 Å². The molecule has 0 bridgehead atoms. The molecule has 3 rings (SSSR count). The maximum atomic E-state index is 12.9. The average Bonchev–Trinajstić information content (AvgIpc) is 2.68. The Morgan fingerprint density at radius 3 is 2.67 bits per heavy atom. The summed E-state index contributed by atoms with van der Waals surface area (Å²) in [6, 6.07) is 9.76. The quantitative estimate of drug-likeness (QED) is 0.818. The molecule has 6 nitrogen and oxygen atoms in total. The molecule has 0 spiro atoms. The van der Waals surface area contributed by atoms with E-state index in [4.69, 9.17) is 5.73 Å². The minimum atomic E-state index is -0.287. The van der Waals surface area contributed by atoms with Gasteiger partial charge in [0.05, 0.1) is 17.8 Å². The van der Waals surface area contributed by atoms with E-state index in [1.54, 1.807) is 24.4 Å². The topological polar surface area (TPSA) is 88.3 Å². The monoisotopic (exact) mass is 370 g/mol. The fraction of sp³-hybridized carbons (Fsp3) is 0.350. The van der Waals surface area contributed by atoms with Crippen molar-refractivity contribution in [3.8, 4) is 0 Å². The number of nitrogens with zero attached hydrogens (tertiary/aromatic N) is 2. The second-order valence-electron chi connectivity index (χ2n) is 6.77. The Bertz CT molecular complexity index is 793. The van der Waals surface area contributed by atoms with Gasteiger partial charge in [-0.2, -0.15) is 0 Å². The number of piperidine rings is 1. The van der Waals surface area contributed by atoms with Crippen LogP contribution < -0.4 is 16.0 Å². The zero-order chi connectivity index (χ0) is 19.2. The van der Waals surface area contributed by atoms with Crippen molar-refractivity contribution in [3.05, 3.63) is 54.0 Å². The molecule has 7 heteroatoms. The molecule has 2 aromatic rings. The molecular formula is C20H23FN4O2. The molecular weight excluding hydrogens is 347 g/mol. The number of amides is 2. The van der Waals surface area contributed by atoms with Crippen molar-refractivity contribution in [3.63, 3.8) is 0 Å². The van der Waals surface area contributed by atoms with Gasteiger partial charge in [0.1, 0.15) is 11.6 Å². The fourth-order valence-electron chi connectivity index (χ4n) is 3.20. The number of anilines is 2. The maximum Gasteiger partial charge on any atom is 0.224 e. The lowest BCUT2D eigenvalue weighted by atomic mass is 9.97. The Balaban J connectivity index is 1.51. The van der Waals surface area contributed by atoms with E-state index in [-0.39, 0.29) is 23.5 Å². The van der Waals surface area contributed by atoms with Crippen molar-refractivity contribution >= 4 is 23.3 Å². The van der Waals surface area contributed by atoms with Crippen LogP contribution in [0.3, 0.4) is 0 Å². The number of benzene rings is 1. The number of rotatable bonds is 6. The van der Waals surface area contributed by atoms with E-state index >= 15 is 0 Å². The number of carbonyl (C=O) groups is 2. The first-order valence-corrected chi connectivity index (χ1v) is 9.06. The highest BCUT2D eigenvalue weighted by molar-refractivity contribution is 5.90. The molecule has 142 valence electrons. The largest absolute Gasteiger partial charge is 0.369 e. The Morgan fingerprint density at radius 1 is 1.22 bits per heavy atom. The van der Waals surface area contributed by atoms with Crippen LogP contribution in [-0.2, 0) is 16.0 Å². The number of aryl methyl sites for hydroxylation is 1. The first kappa shape index (κ1) is 18.8. The summed E-state index contributed by atoms with van der Waals surface area (Å²) in [7, 11) is 0. The Labute approximate surface area is 157 Å². The maximum absolute atomic E-state index is 12.9. The van der Waals surface area contributed by atoms with Gasteiger partial charge in [0.15, 0.2) is 0 Å². The molecule has 1 fully saturated rings. The van der Waals surface area contributed by atoms with E-state index in [9.17, 15) is 14.0 Å². The minimum Gasteiger partial charge on any atom is -0.369 e. The van der Waals surface area contributed by atoms with Gasteiger partial charge < -0.3 is 16.0 Å². The predicted octanol–water partition coefficient (Wildman–Crippen LogP) is 2.49. The molecule has 2 heterocycles. The van der Waals surface area contributed by atoms with Crippen LogP contribution >= 0.6 is 0 Å². The molecule has 27 heavy (non-hydrogen) atoms. The lowest BCUT2D eigenvalue weighted by Crippen LogP contribution is -2.41. The number of carbonyl (C=O) groups excluding carboxylic acids is 2. The third-order valence-electron chi connectivity index (χ3n) is 4.73. The summed E-state index contributed by atoms with van der Waals surface area (Å²) >= 11 is 0. The van der Waals surface area contributed by atoms with E-state index in [0.29, 0.717) is 25.1 Å². The van der Waals surface area contributed by atoms with Gasteiger partial charge in [-0.3, -0.25) is 9.59 Å². The van der Waals surface area contributed by atoms with E-state index < -0.39 is 0 Å². The molecule has 3 N–H and O–H groups in total. The van der Waals surface area contributed by atoms with Gasteiger partial charge in [0, 0.05) is 19.5 Å². The van der Waals surface area contributed by atoms with Crippen LogP contribution in [0.1, 0.15) is 24.8 Å². The summed E-state index contributed by atoms with van der Waals surface area (Å²) in [5.41, 5.74) is 6.94. The smallest absolute Gasteiger partial charge is 0.224 e. The Morgan fingerprint density at radius 2 is 2.00 bits per heavy atom. The van der Waals surface area contributed by atoms with Crippen LogP contribution in [0.5, 0.6) is 0 Å². The molecule has 1 aliphatic rings. The molecule has 0 aliphatic carbocycles. The summed E-state index contributed by atoms with van der Waals surface area (Å²) in [5.74, 6) is -0.0627. The highest BCUT2D eigenvalue weighted by atomic mass is 19.1. The standard InChI is InChI=1S/C20H23FN4O2/c21-16-6-3-14(4-7-16)5-10-19(26)24-17-8-9-18(23-12-17)25-11-1-2-15(13-25)20(22)27/h3-4,6-9,12,15H,1-2,5,10-11,13H2,(H2,22,27)(H,24,26). The lowest BCUT2D eigenvalue weighted by molar-refractivity contribution is -0.122. The van der Waals surface area contributed by atoms with Crippen LogP contribution in [0, 0.1) is 11.7 Å². The van der Waals surface area contributed by atoms with Gasteiger partial charge in [0.25, 0.3) is 0 Å².